The summed E-state index contributed by atoms with van der Waals surface area (Å²) in [6.45, 7) is 0. The molecule has 0 aliphatic heterocycles. The SMILES string of the molecule is COc1cc(C=Nc2ccc(O)cc2)cc(Cl)c1OC(=O)C=Cc1ccccc1. The van der Waals surface area contributed by atoms with E-state index in [4.69, 9.17) is 21.1 Å². The van der Waals surface area contributed by atoms with Gasteiger partial charge in [0.2, 0.25) is 0 Å². The monoisotopic (exact) mass is 407 g/mol. The Kier molecular flexibility index (Phi) is 6.66. The minimum absolute atomic E-state index is 0.138. The Labute approximate surface area is 173 Å². The molecule has 29 heavy (non-hydrogen) atoms. The Morgan fingerprint density at radius 1 is 1.03 bits per heavy atom. The van der Waals surface area contributed by atoms with Gasteiger partial charge in [-0.25, -0.2) is 4.79 Å². The average molecular weight is 408 g/mol. The molecule has 0 saturated carbocycles. The molecule has 146 valence electrons. The molecule has 5 nitrogen and oxygen atoms in total. The zero-order valence-corrected chi connectivity index (χ0v) is 16.3. The van der Waals surface area contributed by atoms with Crippen LogP contribution in [-0.2, 0) is 4.79 Å². The van der Waals surface area contributed by atoms with Crippen molar-refractivity contribution < 1.29 is 19.4 Å². The number of nitrogens with zero attached hydrogens (tertiary/aromatic N) is 1. The number of carbonyl (C=O) groups is 1. The number of hydrogen-bond donors (Lipinski definition) is 1. The third kappa shape index (κ3) is 5.70. The van der Waals surface area contributed by atoms with E-state index < -0.39 is 5.97 Å². The first-order valence-corrected chi connectivity index (χ1v) is 9.08. The number of aliphatic imine (C=N–C) groups is 1. The van der Waals surface area contributed by atoms with E-state index >= 15 is 0 Å². The number of carbonyl (C=O) groups excluding carboxylic acids is 1. The van der Waals surface area contributed by atoms with Crippen LogP contribution < -0.4 is 9.47 Å². The summed E-state index contributed by atoms with van der Waals surface area (Å²) >= 11 is 6.30. The Morgan fingerprint density at radius 2 is 1.76 bits per heavy atom. The number of benzene rings is 3. The van der Waals surface area contributed by atoms with E-state index in [1.165, 1.54) is 13.2 Å². The minimum atomic E-state index is -0.570. The molecule has 0 fully saturated rings. The number of methoxy groups -OCH3 is 1. The van der Waals surface area contributed by atoms with Crippen molar-refractivity contribution in [3.05, 3.63) is 89.0 Å². The van der Waals surface area contributed by atoms with Gasteiger partial charge in [0.05, 0.1) is 17.8 Å². The lowest BCUT2D eigenvalue weighted by Gasteiger charge is -2.11. The molecule has 0 spiro atoms. The average Bonchev–Trinajstić information content (AvgIpc) is 2.74. The lowest BCUT2D eigenvalue weighted by atomic mass is 10.2. The van der Waals surface area contributed by atoms with Crippen molar-refractivity contribution in [1.82, 2.24) is 0 Å². The van der Waals surface area contributed by atoms with Crippen LogP contribution in [0, 0.1) is 0 Å². The topological polar surface area (TPSA) is 68.1 Å². The van der Waals surface area contributed by atoms with Crippen LogP contribution in [0.2, 0.25) is 5.02 Å². The smallest absolute Gasteiger partial charge is 0.336 e. The first kappa shape index (κ1) is 20.2. The third-order valence-corrected chi connectivity index (χ3v) is 4.16. The van der Waals surface area contributed by atoms with Crippen molar-refractivity contribution in [2.24, 2.45) is 4.99 Å². The fourth-order valence-corrected chi connectivity index (χ4v) is 2.72. The highest BCUT2D eigenvalue weighted by atomic mass is 35.5. The highest BCUT2D eigenvalue weighted by Crippen LogP contribution is 2.36. The molecule has 3 aromatic rings. The van der Waals surface area contributed by atoms with Gasteiger partial charge in [0.15, 0.2) is 11.5 Å². The Balaban J connectivity index is 1.76. The molecule has 0 saturated heterocycles. The molecule has 6 heteroatoms. The maximum atomic E-state index is 12.2. The van der Waals surface area contributed by atoms with Gasteiger partial charge in [0.1, 0.15) is 5.75 Å². The highest BCUT2D eigenvalue weighted by Gasteiger charge is 2.14. The van der Waals surface area contributed by atoms with Gasteiger partial charge in [-0.05, 0) is 53.6 Å². The Hall–Kier alpha value is -3.57. The molecule has 3 rings (SSSR count). The van der Waals surface area contributed by atoms with Crippen LogP contribution in [0.15, 0.2) is 77.8 Å². The van der Waals surface area contributed by atoms with Gasteiger partial charge >= 0.3 is 5.97 Å². The van der Waals surface area contributed by atoms with Crippen molar-refractivity contribution in [3.63, 3.8) is 0 Å². The summed E-state index contributed by atoms with van der Waals surface area (Å²) in [6.07, 6.45) is 4.58. The maximum absolute atomic E-state index is 12.2. The summed E-state index contributed by atoms with van der Waals surface area (Å²) in [7, 11) is 1.46. The molecule has 0 aliphatic rings. The molecule has 0 aromatic heterocycles. The third-order valence-electron chi connectivity index (χ3n) is 3.88. The van der Waals surface area contributed by atoms with E-state index in [1.54, 1.807) is 48.7 Å². The molecule has 0 unspecified atom stereocenters. The molecule has 0 amide bonds. The van der Waals surface area contributed by atoms with Crippen LogP contribution >= 0.6 is 11.6 Å². The van der Waals surface area contributed by atoms with Crippen molar-refractivity contribution >= 4 is 35.5 Å². The number of ether oxygens (including phenoxy) is 2. The van der Waals surface area contributed by atoms with E-state index in [-0.39, 0.29) is 16.5 Å². The second-order valence-corrected chi connectivity index (χ2v) is 6.38. The predicted octanol–water partition coefficient (Wildman–Crippen LogP) is 5.42. The van der Waals surface area contributed by atoms with E-state index in [0.717, 1.165) is 5.56 Å². The number of phenolic OH excluding ortho intramolecular Hbond substituents is 1. The summed E-state index contributed by atoms with van der Waals surface area (Å²) in [5, 5.41) is 9.54. The molecule has 0 atom stereocenters. The van der Waals surface area contributed by atoms with Crippen LogP contribution in [0.5, 0.6) is 17.2 Å². The van der Waals surface area contributed by atoms with Crippen molar-refractivity contribution in [2.45, 2.75) is 0 Å². The van der Waals surface area contributed by atoms with Crippen LogP contribution in [-0.4, -0.2) is 24.4 Å². The van der Waals surface area contributed by atoms with E-state index in [0.29, 0.717) is 17.0 Å². The molecular formula is C23H18ClNO4. The first-order valence-electron chi connectivity index (χ1n) is 8.71. The van der Waals surface area contributed by atoms with Gasteiger partial charge in [-0.2, -0.15) is 0 Å². The van der Waals surface area contributed by atoms with E-state index in [2.05, 4.69) is 4.99 Å². The quantitative estimate of drug-likeness (QED) is 0.256. The number of phenols is 1. The Bertz CT molecular complexity index is 1040. The molecular weight excluding hydrogens is 390 g/mol. The summed E-state index contributed by atoms with van der Waals surface area (Å²) in [5.74, 6) is 0.0467. The summed E-state index contributed by atoms with van der Waals surface area (Å²) in [5.41, 5.74) is 2.21. The number of rotatable bonds is 6. The van der Waals surface area contributed by atoms with Gasteiger partial charge in [-0.15, -0.1) is 0 Å². The largest absolute Gasteiger partial charge is 0.508 e. The van der Waals surface area contributed by atoms with Gasteiger partial charge in [-0.3, -0.25) is 4.99 Å². The molecule has 0 aliphatic carbocycles. The fraction of sp³-hybridized carbons (Fsp3) is 0.0435. The summed E-state index contributed by atoms with van der Waals surface area (Å²) in [4.78, 5) is 16.5. The standard InChI is InChI=1S/C23H18ClNO4/c1-28-21-14-17(15-25-18-8-10-19(26)11-9-18)13-20(24)23(21)29-22(27)12-7-16-5-3-2-4-6-16/h2-15,26H,1H3. The number of aromatic hydroxyl groups is 1. The van der Waals surface area contributed by atoms with Gasteiger partial charge in [0.25, 0.3) is 0 Å². The number of halogens is 1. The second-order valence-electron chi connectivity index (χ2n) is 5.97. The van der Waals surface area contributed by atoms with Gasteiger partial charge in [0, 0.05) is 12.3 Å². The minimum Gasteiger partial charge on any atom is -0.508 e. The summed E-state index contributed by atoms with van der Waals surface area (Å²) in [6, 6.07) is 19.1. The highest BCUT2D eigenvalue weighted by molar-refractivity contribution is 6.32. The van der Waals surface area contributed by atoms with Crippen molar-refractivity contribution in [2.75, 3.05) is 7.11 Å². The zero-order chi connectivity index (χ0) is 20.6. The Morgan fingerprint density at radius 3 is 2.45 bits per heavy atom. The van der Waals surface area contributed by atoms with Crippen LogP contribution in [0.1, 0.15) is 11.1 Å². The predicted molar refractivity (Wildman–Crippen MR) is 114 cm³/mol. The fourth-order valence-electron chi connectivity index (χ4n) is 2.46. The van der Waals surface area contributed by atoms with E-state index in [1.807, 2.05) is 30.3 Å². The molecule has 0 bridgehead atoms. The van der Waals surface area contributed by atoms with Gasteiger partial charge < -0.3 is 14.6 Å². The van der Waals surface area contributed by atoms with Crippen molar-refractivity contribution in [1.29, 1.82) is 0 Å². The molecule has 3 aromatic carbocycles. The molecule has 1 N–H and O–H groups in total. The number of esters is 1. The molecule has 0 heterocycles. The van der Waals surface area contributed by atoms with Crippen LogP contribution in [0.3, 0.4) is 0 Å². The normalized spacial score (nSPS) is 11.1. The second kappa shape index (κ2) is 9.57. The van der Waals surface area contributed by atoms with Crippen molar-refractivity contribution in [3.8, 4) is 17.2 Å². The van der Waals surface area contributed by atoms with E-state index in [9.17, 15) is 9.90 Å². The van der Waals surface area contributed by atoms with Gasteiger partial charge in [-0.1, -0.05) is 41.9 Å². The number of hydrogen-bond acceptors (Lipinski definition) is 5. The lowest BCUT2D eigenvalue weighted by molar-refractivity contribution is -0.129. The first-order chi connectivity index (χ1) is 14.0. The lowest BCUT2D eigenvalue weighted by Crippen LogP contribution is -2.06. The van der Waals surface area contributed by atoms with Crippen LogP contribution in [0.4, 0.5) is 5.69 Å². The maximum Gasteiger partial charge on any atom is 0.336 e. The van der Waals surface area contributed by atoms with Crippen LogP contribution in [0.25, 0.3) is 6.08 Å². The zero-order valence-electron chi connectivity index (χ0n) is 15.6. The molecule has 0 radical (unpaired) electrons. The summed E-state index contributed by atoms with van der Waals surface area (Å²) < 4.78 is 10.7.